The third-order valence-electron chi connectivity index (χ3n) is 4.91. The number of nitrogens with one attached hydrogen (secondary N) is 1. The first-order valence-corrected chi connectivity index (χ1v) is 12.1. The number of likely N-dealkylation sites (tertiary alicyclic amines) is 1. The Morgan fingerprint density at radius 1 is 1.07 bits per heavy atom. The molecule has 0 unspecified atom stereocenters. The minimum absolute atomic E-state index is 0.0236. The van der Waals surface area contributed by atoms with E-state index in [1.165, 1.54) is 0 Å². The first-order valence-electron chi connectivity index (χ1n) is 10.2. The number of carbonyl (C=O) groups excluding carboxylic acids is 2. The summed E-state index contributed by atoms with van der Waals surface area (Å²) in [5.74, 6) is -0.470. The minimum atomic E-state index is -3.42. The molecule has 0 aromatic rings. The van der Waals surface area contributed by atoms with Gasteiger partial charge in [0.1, 0.15) is 11.0 Å². The Morgan fingerprint density at radius 3 is 2.11 bits per heavy atom. The third kappa shape index (κ3) is 8.07. The number of rotatable bonds is 9. The lowest BCUT2D eigenvalue weighted by atomic mass is 9.76. The van der Waals surface area contributed by atoms with Crippen LogP contribution in [0.3, 0.4) is 0 Å². The Kier molecular flexibility index (Phi) is 8.93. The van der Waals surface area contributed by atoms with Crippen LogP contribution in [0.25, 0.3) is 0 Å². The molecule has 7 nitrogen and oxygen atoms in total. The van der Waals surface area contributed by atoms with Crippen LogP contribution in [-0.4, -0.2) is 56.7 Å². The van der Waals surface area contributed by atoms with E-state index in [1.54, 1.807) is 25.7 Å². The van der Waals surface area contributed by atoms with Crippen LogP contribution in [0.5, 0.6) is 0 Å². The number of nitrogens with zero attached hydrogens (tertiary/aromatic N) is 1. The molecule has 1 amide bonds. The van der Waals surface area contributed by atoms with E-state index in [1.807, 2.05) is 13.8 Å². The van der Waals surface area contributed by atoms with Gasteiger partial charge in [0.05, 0.1) is 6.26 Å². The van der Waals surface area contributed by atoms with Crippen molar-refractivity contribution < 1.29 is 22.7 Å². The maximum atomic E-state index is 13.6. The zero-order chi connectivity index (χ0) is 21.6. The van der Waals surface area contributed by atoms with Crippen molar-refractivity contribution in [3.8, 4) is 0 Å². The maximum absolute atomic E-state index is 13.6. The van der Waals surface area contributed by atoms with Gasteiger partial charge in [0.15, 0.2) is 0 Å². The van der Waals surface area contributed by atoms with Crippen molar-refractivity contribution in [1.29, 1.82) is 0 Å². The van der Waals surface area contributed by atoms with Crippen molar-refractivity contribution >= 4 is 21.9 Å². The number of sulfonamides is 1. The Hall–Kier alpha value is -1.15. The zero-order valence-corrected chi connectivity index (χ0v) is 19.2. The van der Waals surface area contributed by atoms with Gasteiger partial charge in [-0.15, -0.1) is 0 Å². The highest BCUT2D eigenvalue weighted by molar-refractivity contribution is 7.88. The molecule has 28 heavy (non-hydrogen) atoms. The summed E-state index contributed by atoms with van der Waals surface area (Å²) in [5, 5.41) is 0. The molecule has 0 aromatic heterocycles. The van der Waals surface area contributed by atoms with Crippen molar-refractivity contribution in [3.63, 3.8) is 0 Å². The Balaban J connectivity index is 3.24. The molecule has 0 saturated carbocycles. The van der Waals surface area contributed by atoms with Crippen LogP contribution < -0.4 is 4.72 Å². The highest BCUT2D eigenvalue weighted by atomic mass is 32.2. The molecule has 0 spiro atoms. The number of ether oxygens (including phenoxy) is 1. The Bertz CT molecular complexity index is 633. The standard InChI is InChI=1S/C20H38N2O5S/c1-16(2)10-11-20(12-13-21-28(6,25)26,18(24)27-19(3,4)5)17(23)22-14-8-7-9-15-22/h16,21H,7-15H2,1-6H3/t20-/m0/s1. The van der Waals surface area contributed by atoms with Crippen molar-refractivity contribution in [2.75, 3.05) is 25.9 Å². The van der Waals surface area contributed by atoms with Crippen LogP contribution in [-0.2, 0) is 24.3 Å². The van der Waals surface area contributed by atoms with Gasteiger partial charge in [-0.1, -0.05) is 13.8 Å². The van der Waals surface area contributed by atoms with E-state index in [0.717, 1.165) is 25.5 Å². The molecule has 0 radical (unpaired) electrons. The highest BCUT2D eigenvalue weighted by Gasteiger charge is 2.49. The normalized spacial score (nSPS) is 18.0. The Morgan fingerprint density at radius 2 is 1.64 bits per heavy atom. The molecule has 164 valence electrons. The fraction of sp³-hybridized carbons (Fsp3) is 0.900. The molecule has 1 aliphatic rings. The SMILES string of the molecule is CC(C)CC[C@@](CCNS(C)(=O)=O)(C(=O)OC(C)(C)C)C(=O)N1CCCCC1. The van der Waals surface area contributed by atoms with E-state index in [0.29, 0.717) is 31.8 Å². The highest BCUT2D eigenvalue weighted by Crippen LogP contribution is 2.36. The van der Waals surface area contributed by atoms with Crippen LogP contribution in [0.2, 0.25) is 0 Å². The molecule has 0 bridgehead atoms. The molecule has 1 atom stereocenters. The van der Waals surface area contributed by atoms with E-state index in [2.05, 4.69) is 4.72 Å². The van der Waals surface area contributed by atoms with Gasteiger partial charge in [-0.25, -0.2) is 13.1 Å². The summed E-state index contributed by atoms with van der Waals surface area (Å²) < 4.78 is 31.2. The minimum Gasteiger partial charge on any atom is -0.459 e. The van der Waals surface area contributed by atoms with E-state index in [4.69, 9.17) is 4.74 Å². The maximum Gasteiger partial charge on any atom is 0.322 e. The molecule has 1 rings (SSSR count). The largest absolute Gasteiger partial charge is 0.459 e. The van der Waals surface area contributed by atoms with Crippen molar-refractivity contribution in [3.05, 3.63) is 0 Å². The number of piperidine rings is 1. The Labute approximate surface area is 170 Å². The van der Waals surface area contributed by atoms with Gasteiger partial charge >= 0.3 is 5.97 Å². The molecule has 1 aliphatic heterocycles. The molecule has 0 aromatic carbocycles. The predicted molar refractivity (Wildman–Crippen MR) is 110 cm³/mol. The van der Waals surface area contributed by atoms with E-state index in [-0.39, 0.29) is 18.9 Å². The molecular weight excluding hydrogens is 380 g/mol. The lowest BCUT2D eigenvalue weighted by Crippen LogP contribution is -2.53. The molecule has 1 heterocycles. The zero-order valence-electron chi connectivity index (χ0n) is 18.3. The molecular formula is C20H38N2O5S. The first-order chi connectivity index (χ1) is 12.8. The first kappa shape index (κ1) is 24.9. The van der Waals surface area contributed by atoms with Crippen molar-refractivity contribution in [1.82, 2.24) is 9.62 Å². The van der Waals surface area contributed by atoms with Crippen LogP contribution in [0, 0.1) is 11.3 Å². The summed E-state index contributed by atoms with van der Waals surface area (Å²) in [6.07, 6.45) is 5.10. The lowest BCUT2D eigenvalue weighted by molar-refractivity contribution is -0.176. The van der Waals surface area contributed by atoms with Gasteiger partial charge in [0, 0.05) is 19.6 Å². The molecule has 0 aliphatic carbocycles. The van der Waals surface area contributed by atoms with Gasteiger partial charge in [0.25, 0.3) is 0 Å². The van der Waals surface area contributed by atoms with Crippen LogP contribution >= 0.6 is 0 Å². The number of hydrogen-bond donors (Lipinski definition) is 1. The van der Waals surface area contributed by atoms with Crippen LogP contribution in [0.4, 0.5) is 0 Å². The quantitative estimate of drug-likeness (QED) is 0.459. The topological polar surface area (TPSA) is 92.8 Å². The van der Waals surface area contributed by atoms with E-state index >= 15 is 0 Å². The summed E-state index contributed by atoms with van der Waals surface area (Å²) in [5.41, 5.74) is -2.10. The van der Waals surface area contributed by atoms with E-state index < -0.39 is 27.0 Å². The van der Waals surface area contributed by atoms with Gasteiger partial charge in [0.2, 0.25) is 15.9 Å². The van der Waals surface area contributed by atoms with Gasteiger partial charge in [-0.3, -0.25) is 9.59 Å². The molecule has 1 saturated heterocycles. The summed E-state index contributed by atoms with van der Waals surface area (Å²) in [6, 6.07) is 0. The molecule has 1 fully saturated rings. The number of amides is 1. The third-order valence-corrected chi connectivity index (χ3v) is 5.64. The second-order valence-corrected chi connectivity index (χ2v) is 11.1. The van der Waals surface area contributed by atoms with Crippen LogP contribution in [0.15, 0.2) is 0 Å². The van der Waals surface area contributed by atoms with E-state index in [9.17, 15) is 18.0 Å². The lowest BCUT2D eigenvalue weighted by Gasteiger charge is -2.39. The predicted octanol–water partition coefficient (Wildman–Crippen LogP) is 2.70. The average molecular weight is 419 g/mol. The smallest absolute Gasteiger partial charge is 0.322 e. The number of carbonyl (C=O) groups is 2. The summed E-state index contributed by atoms with van der Waals surface area (Å²) in [6.45, 7) is 10.7. The molecule has 1 N–H and O–H groups in total. The van der Waals surface area contributed by atoms with Gasteiger partial charge < -0.3 is 9.64 Å². The fourth-order valence-electron chi connectivity index (χ4n) is 3.39. The second-order valence-electron chi connectivity index (χ2n) is 9.29. The van der Waals surface area contributed by atoms with Crippen molar-refractivity contribution in [2.24, 2.45) is 11.3 Å². The monoisotopic (exact) mass is 418 g/mol. The molecule has 8 heteroatoms. The number of hydrogen-bond acceptors (Lipinski definition) is 5. The average Bonchev–Trinajstić information content (AvgIpc) is 2.55. The number of esters is 1. The fourth-order valence-corrected chi connectivity index (χ4v) is 3.86. The second kappa shape index (κ2) is 10.1. The van der Waals surface area contributed by atoms with Gasteiger partial charge in [-0.05, 0) is 65.2 Å². The summed E-state index contributed by atoms with van der Waals surface area (Å²) >= 11 is 0. The van der Waals surface area contributed by atoms with Gasteiger partial charge in [-0.2, -0.15) is 0 Å². The summed E-state index contributed by atoms with van der Waals surface area (Å²) in [4.78, 5) is 28.6. The summed E-state index contributed by atoms with van der Waals surface area (Å²) in [7, 11) is -3.42. The van der Waals surface area contributed by atoms with Crippen LogP contribution in [0.1, 0.15) is 73.1 Å². The van der Waals surface area contributed by atoms with Crippen molar-refractivity contribution in [2.45, 2.75) is 78.7 Å².